The van der Waals surface area contributed by atoms with E-state index in [1.54, 1.807) is 25.3 Å². The molecule has 1 aliphatic rings. The molecule has 10 nitrogen and oxygen atoms in total. The summed E-state index contributed by atoms with van der Waals surface area (Å²) in [5.41, 5.74) is 0.908. The van der Waals surface area contributed by atoms with Crippen molar-refractivity contribution in [1.82, 2.24) is 9.47 Å². The smallest absolute Gasteiger partial charge is 0.355 e. The highest BCUT2D eigenvalue weighted by molar-refractivity contribution is 9.10. The van der Waals surface area contributed by atoms with Crippen LogP contribution in [0.15, 0.2) is 33.5 Å². The summed E-state index contributed by atoms with van der Waals surface area (Å²) in [6.07, 6.45) is 0. The Morgan fingerprint density at radius 2 is 1.50 bits per heavy atom. The molecular formula is C27H31BrN2O8. The van der Waals surface area contributed by atoms with E-state index in [0.717, 1.165) is 13.1 Å². The summed E-state index contributed by atoms with van der Waals surface area (Å²) < 4.78 is 34.9. The van der Waals surface area contributed by atoms with Crippen LogP contribution in [0.2, 0.25) is 0 Å². The van der Waals surface area contributed by atoms with E-state index in [9.17, 15) is 9.59 Å². The summed E-state index contributed by atoms with van der Waals surface area (Å²) in [6, 6.07) is 6.92. The number of benzene rings is 2. The zero-order valence-electron chi connectivity index (χ0n) is 22.1. The number of pyridine rings is 1. The zero-order chi connectivity index (χ0) is 27.4. The fourth-order valence-corrected chi connectivity index (χ4v) is 5.32. The second-order valence-corrected chi connectivity index (χ2v) is 9.43. The van der Waals surface area contributed by atoms with Gasteiger partial charge in [-0.15, -0.1) is 0 Å². The van der Waals surface area contributed by atoms with Crippen LogP contribution in [0.4, 0.5) is 0 Å². The van der Waals surface area contributed by atoms with E-state index >= 15 is 0 Å². The quantitative estimate of drug-likeness (QED) is 0.346. The minimum atomic E-state index is -0.637. The van der Waals surface area contributed by atoms with E-state index in [4.69, 9.17) is 28.4 Å². The van der Waals surface area contributed by atoms with Crippen molar-refractivity contribution in [2.45, 2.75) is 6.54 Å². The first-order chi connectivity index (χ1) is 18.4. The van der Waals surface area contributed by atoms with E-state index in [1.807, 2.05) is 6.07 Å². The van der Waals surface area contributed by atoms with Gasteiger partial charge in [-0.25, -0.2) is 4.79 Å². The molecule has 0 aliphatic carbocycles. The number of carbonyl (C=O) groups excluding carboxylic acids is 1. The summed E-state index contributed by atoms with van der Waals surface area (Å²) in [7, 11) is 7.40. The molecule has 0 amide bonds. The van der Waals surface area contributed by atoms with Gasteiger partial charge >= 0.3 is 5.97 Å². The molecule has 1 fully saturated rings. The molecule has 0 bridgehead atoms. The van der Waals surface area contributed by atoms with E-state index < -0.39 is 5.97 Å². The Labute approximate surface area is 229 Å². The lowest BCUT2D eigenvalue weighted by Gasteiger charge is -2.27. The Hall–Kier alpha value is -3.28. The van der Waals surface area contributed by atoms with Gasteiger partial charge in [0.05, 0.1) is 58.6 Å². The molecule has 204 valence electrons. The Balaban J connectivity index is 2.08. The maximum atomic E-state index is 13.9. The average Bonchev–Trinajstić information content (AvgIpc) is 2.95. The predicted molar refractivity (Wildman–Crippen MR) is 146 cm³/mol. The molecule has 11 heteroatoms. The predicted octanol–water partition coefficient (Wildman–Crippen LogP) is 3.58. The van der Waals surface area contributed by atoms with Gasteiger partial charge in [0.2, 0.25) is 0 Å². The summed E-state index contributed by atoms with van der Waals surface area (Å²) in [4.78, 5) is 29.5. The van der Waals surface area contributed by atoms with Crippen molar-refractivity contribution in [2.75, 3.05) is 68.4 Å². The number of hydrogen-bond acceptors (Lipinski definition) is 9. The van der Waals surface area contributed by atoms with E-state index in [2.05, 4.69) is 20.8 Å². The summed E-state index contributed by atoms with van der Waals surface area (Å²) >= 11 is 3.55. The van der Waals surface area contributed by atoms with Crippen molar-refractivity contribution < 1.29 is 33.2 Å². The second kappa shape index (κ2) is 12.1. The van der Waals surface area contributed by atoms with Gasteiger partial charge in [0.15, 0.2) is 23.0 Å². The van der Waals surface area contributed by atoms with Crippen LogP contribution in [-0.2, 0) is 16.0 Å². The third-order valence-corrected chi connectivity index (χ3v) is 7.21. The number of esters is 1. The van der Waals surface area contributed by atoms with Crippen LogP contribution in [0.25, 0.3) is 21.9 Å². The normalized spacial score (nSPS) is 13.8. The topological polar surface area (TPSA) is 97.7 Å². The van der Waals surface area contributed by atoms with Crippen LogP contribution in [0.5, 0.6) is 23.0 Å². The highest BCUT2D eigenvalue weighted by atomic mass is 79.9. The largest absolute Gasteiger partial charge is 0.493 e. The van der Waals surface area contributed by atoms with Crippen molar-refractivity contribution in [3.05, 3.63) is 44.8 Å². The summed E-state index contributed by atoms with van der Waals surface area (Å²) in [5.74, 6) is 1.14. The van der Waals surface area contributed by atoms with E-state index in [-0.39, 0.29) is 17.8 Å². The lowest BCUT2D eigenvalue weighted by Crippen LogP contribution is -2.40. The molecule has 0 radical (unpaired) electrons. The number of ether oxygens (including phenoxy) is 6. The lowest BCUT2D eigenvalue weighted by molar-refractivity contribution is 0.0358. The van der Waals surface area contributed by atoms with Crippen LogP contribution in [0, 0.1) is 0 Å². The highest BCUT2D eigenvalue weighted by Crippen LogP contribution is 2.43. The maximum Gasteiger partial charge on any atom is 0.355 e. The molecule has 0 atom stereocenters. The Morgan fingerprint density at radius 1 is 0.868 bits per heavy atom. The number of hydrogen-bond donors (Lipinski definition) is 0. The van der Waals surface area contributed by atoms with E-state index in [0.29, 0.717) is 69.1 Å². The Kier molecular flexibility index (Phi) is 8.80. The van der Waals surface area contributed by atoms with Crippen molar-refractivity contribution in [1.29, 1.82) is 0 Å². The van der Waals surface area contributed by atoms with Gasteiger partial charge in [0, 0.05) is 37.1 Å². The van der Waals surface area contributed by atoms with Crippen LogP contribution in [0.3, 0.4) is 0 Å². The van der Waals surface area contributed by atoms with Gasteiger partial charge in [0.25, 0.3) is 5.56 Å². The number of aromatic nitrogens is 1. The van der Waals surface area contributed by atoms with Gasteiger partial charge in [-0.1, -0.05) is 0 Å². The fourth-order valence-electron chi connectivity index (χ4n) is 4.72. The molecule has 1 saturated heterocycles. The molecule has 0 unspecified atom stereocenters. The first kappa shape index (κ1) is 27.7. The summed E-state index contributed by atoms with van der Waals surface area (Å²) in [6.45, 7) is 3.57. The third-order valence-electron chi connectivity index (χ3n) is 6.62. The minimum absolute atomic E-state index is 0.129. The molecule has 3 aromatic rings. The molecule has 0 N–H and O–H groups in total. The molecule has 1 aliphatic heterocycles. The van der Waals surface area contributed by atoms with Gasteiger partial charge in [0.1, 0.15) is 5.69 Å². The maximum absolute atomic E-state index is 13.9. The monoisotopic (exact) mass is 590 g/mol. The van der Waals surface area contributed by atoms with Crippen molar-refractivity contribution in [3.63, 3.8) is 0 Å². The molecular weight excluding hydrogens is 560 g/mol. The lowest BCUT2D eigenvalue weighted by atomic mass is 9.95. The number of morpholine rings is 1. The Bertz CT molecular complexity index is 1400. The van der Waals surface area contributed by atoms with E-state index in [1.165, 1.54) is 33.0 Å². The number of halogens is 1. The first-order valence-electron chi connectivity index (χ1n) is 12.0. The van der Waals surface area contributed by atoms with Crippen molar-refractivity contribution in [3.8, 4) is 34.1 Å². The molecule has 1 aromatic heterocycles. The molecule has 0 saturated carbocycles. The van der Waals surface area contributed by atoms with Crippen molar-refractivity contribution >= 4 is 32.7 Å². The second-order valence-electron chi connectivity index (χ2n) is 8.57. The molecule has 38 heavy (non-hydrogen) atoms. The number of carbonyl (C=O) groups is 1. The third kappa shape index (κ3) is 5.18. The van der Waals surface area contributed by atoms with Gasteiger partial charge in [-0.2, -0.15) is 0 Å². The van der Waals surface area contributed by atoms with Crippen molar-refractivity contribution in [2.24, 2.45) is 0 Å². The molecule has 2 heterocycles. The minimum Gasteiger partial charge on any atom is -0.493 e. The number of rotatable bonds is 9. The highest BCUT2D eigenvalue weighted by Gasteiger charge is 2.27. The summed E-state index contributed by atoms with van der Waals surface area (Å²) in [5, 5.41) is 0.882. The van der Waals surface area contributed by atoms with Gasteiger partial charge < -0.3 is 33.0 Å². The first-order valence-corrected chi connectivity index (χ1v) is 12.8. The fraction of sp³-hybridized carbons (Fsp3) is 0.407. The van der Waals surface area contributed by atoms with Crippen LogP contribution < -0.4 is 24.5 Å². The van der Waals surface area contributed by atoms with Gasteiger partial charge in [-0.3, -0.25) is 9.69 Å². The molecule has 0 spiro atoms. The number of methoxy groups -OCH3 is 5. The zero-order valence-corrected chi connectivity index (χ0v) is 23.7. The molecule has 4 rings (SSSR count). The number of nitrogens with zero attached hydrogens (tertiary/aromatic N) is 2. The van der Waals surface area contributed by atoms with Crippen LogP contribution >= 0.6 is 15.9 Å². The van der Waals surface area contributed by atoms with Crippen LogP contribution in [0.1, 0.15) is 10.5 Å². The average molecular weight is 591 g/mol. The molecule has 2 aromatic carbocycles. The van der Waals surface area contributed by atoms with Gasteiger partial charge in [-0.05, 0) is 45.8 Å². The van der Waals surface area contributed by atoms with Crippen LogP contribution in [-0.4, -0.2) is 83.8 Å². The standard InChI is InChI=1S/C27H31BrN2O8/c1-33-20-14-17-18(15-21(20)34-2)26(31)30(7-6-29-8-10-38-11-9-29)24(27(32)37-5)23(17)16-12-19(28)25(36-4)22(13-16)35-3/h12-15H,6-11H2,1-5H3. The number of fused-ring (bicyclic) bond motifs is 1. The Morgan fingerprint density at radius 3 is 2.08 bits per heavy atom. The SMILES string of the molecule is COC(=O)c1c(-c2cc(Br)c(OC)c(OC)c2)c2cc(OC)c(OC)cc2c(=O)n1CCN1CCOCC1.